The third-order valence-corrected chi connectivity index (χ3v) is 0. The minimum absolute atomic E-state index is 0.250. The summed E-state index contributed by atoms with van der Waals surface area (Å²) in [6.07, 6.45) is 0. The van der Waals surface area contributed by atoms with E-state index >= 15 is 0 Å². The van der Waals surface area contributed by atoms with Crippen molar-refractivity contribution >= 4 is 41.0 Å². The molecule has 0 fully saturated rings. The van der Waals surface area contributed by atoms with Crippen LogP contribution in [-0.2, 0) is 8.07 Å². The second-order valence-electron chi connectivity index (χ2n) is 0.361. The molecule has 0 aromatic carbocycles. The van der Waals surface area contributed by atoms with Crippen LogP contribution in [0.4, 0.5) is 0 Å². The van der Waals surface area contributed by atoms with Gasteiger partial charge in [-0.1, -0.05) is 0 Å². The summed E-state index contributed by atoms with van der Waals surface area (Å²) in [4.78, 5) is 0. The van der Waals surface area contributed by atoms with Crippen molar-refractivity contribution in [3.63, 3.8) is 0 Å². The molecule has 0 spiro atoms. The van der Waals surface area contributed by atoms with Gasteiger partial charge in [-0.05, 0) is 6.92 Å². The Kier molecular flexibility index (Phi) is 28.5. The minimum atomic E-state index is 0.250. The van der Waals surface area contributed by atoms with Crippen molar-refractivity contribution in [3.05, 3.63) is 0 Å². The Labute approximate surface area is 66.8 Å². The second kappa shape index (κ2) is 15.8. The van der Waals surface area contributed by atoms with Gasteiger partial charge in [-0.2, -0.15) is 0 Å². The van der Waals surface area contributed by atoms with Gasteiger partial charge in [0, 0.05) is 6.61 Å². The first-order valence-corrected chi connectivity index (χ1v) is 7.64. The Morgan fingerprint density at radius 3 is 1.67 bits per heavy atom. The van der Waals surface area contributed by atoms with Crippen molar-refractivity contribution < 1.29 is 13.2 Å². The summed E-state index contributed by atoms with van der Waals surface area (Å²) in [5.41, 5.74) is 0. The summed E-state index contributed by atoms with van der Waals surface area (Å²) in [6.45, 7) is 1.93. The van der Waals surface area contributed by atoms with Crippen LogP contribution in [0.5, 0.6) is 0 Å². The fourth-order valence-electron chi connectivity index (χ4n) is 0. The van der Waals surface area contributed by atoms with E-state index in [2.05, 4.69) is 41.0 Å². The molecule has 0 aromatic rings. The molecule has 0 aliphatic heterocycles. The van der Waals surface area contributed by atoms with Crippen LogP contribution in [0.15, 0.2) is 0 Å². The molecular weight excluding hydrogens is 353 g/mol. The molecule has 0 amide bonds. The molecule has 4 heteroatoms. The summed E-state index contributed by atoms with van der Waals surface area (Å²) in [6, 6.07) is 0. The first kappa shape index (κ1) is 10.8. The molecule has 0 saturated carbocycles. The Bertz CT molecular complexity index is 13.5. The van der Waals surface area contributed by atoms with Crippen LogP contribution in [0.1, 0.15) is 6.92 Å². The quantitative estimate of drug-likeness (QED) is 0.517. The van der Waals surface area contributed by atoms with Gasteiger partial charge in [-0.25, -0.2) is 0 Å². The van der Waals surface area contributed by atoms with Crippen LogP contribution < -0.4 is 0 Å². The maximum atomic E-state index is 7.57. The normalized spacial score (nSPS) is 6.67. The molecule has 0 unspecified atom stereocenters. The molecule has 1 N–H and O–H groups in total. The third kappa shape index (κ3) is 39.0. The molecular formula is C2H6I2NiO. The van der Waals surface area contributed by atoms with Gasteiger partial charge in [0.25, 0.3) is 0 Å². The van der Waals surface area contributed by atoms with E-state index < -0.39 is 0 Å². The topological polar surface area (TPSA) is 20.2 Å². The summed E-state index contributed by atoms with van der Waals surface area (Å²) in [7, 11) is 1.56. The van der Waals surface area contributed by atoms with E-state index in [-0.39, 0.29) is 6.61 Å². The standard InChI is InChI=1S/C2H6O.2HI.Ni/c1-2-3;;;/h3H,2H2,1H3;2*1H;/q;;;+2/p-2. The fraction of sp³-hybridized carbons (Fsp3) is 1.00. The van der Waals surface area contributed by atoms with Gasteiger partial charge in [-0.3, -0.25) is 0 Å². The fourth-order valence-corrected chi connectivity index (χ4v) is 0. The summed E-state index contributed by atoms with van der Waals surface area (Å²) < 4.78 is 0. The monoisotopic (exact) mass is 358 g/mol. The molecule has 0 bridgehead atoms. The van der Waals surface area contributed by atoms with Crippen LogP contribution in [-0.4, -0.2) is 11.7 Å². The van der Waals surface area contributed by atoms with Crippen LogP contribution in [0.25, 0.3) is 0 Å². The number of aliphatic hydroxyl groups is 1. The number of hydrogen-bond acceptors (Lipinski definition) is 1. The molecule has 0 aliphatic rings. The first-order chi connectivity index (χ1) is 2.83. The molecule has 0 heterocycles. The zero-order chi connectivity index (χ0) is 5.41. The zero-order valence-electron chi connectivity index (χ0n) is 3.23. The van der Waals surface area contributed by atoms with E-state index in [1.54, 1.807) is 15.0 Å². The number of halogens is 2. The summed E-state index contributed by atoms with van der Waals surface area (Å²) in [5, 5.41) is 7.57. The average molecular weight is 359 g/mol. The van der Waals surface area contributed by atoms with Gasteiger partial charge < -0.3 is 5.11 Å². The van der Waals surface area contributed by atoms with Crippen molar-refractivity contribution in [2.45, 2.75) is 6.92 Å². The Hall–Kier alpha value is 1.91. The molecule has 44 valence electrons. The van der Waals surface area contributed by atoms with Gasteiger partial charge in [0.15, 0.2) is 0 Å². The van der Waals surface area contributed by atoms with E-state index in [0.29, 0.717) is 0 Å². The van der Waals surface area contributed by atoms with E-state index in [1.165, 1.54) is 0 Å². The maximum absolute atomic E-state index is 7.57. The van der Waals surface area contributed by atoms with Crippen LogP contribution in [0.2, 0.25) is 0 Å². The van der Waals surface area contributed by atoms with Crippen LogP contribution in [0.3, 0.4) is 0 Å². The van der Waals surface area contributed by atoms with Gasteiger partial charge in [0.1, 0.15) is 0 Å². The van der Waals surface area contributed by atoms with Gasteiger partial charge in [-0.15, -0.1) is 0 Å². The van der Waals surface area contributed by atoms with E-state index in [1.807, 2.05) is 0 Å². The van der Waals surface area contributed by atoms with Crippen molar-refractivity contribution in [1.29, 1.82) is 0 Å². The molecule has 0 saturated heterocycles. The molecule has 6 heavy (non-hydrogen) atoms. The van der Waals surface area contributed by atoms with Crippen molar-refractivity contribution in [2.75, 3.05) is 6.61 Å². The van der Waals surface area contributed by atoms with Crippen molar-refractivity contribution in [2.24, 2.45) is 0 Å². The predicted octanol–water partition coefficient (Wildman–Crippen LogP) is 1.77. The SMILES string of the molecule is CCO.[I][Ni][I]. The van der Waals surface area contributed by atoms with Gasteiger partial charge >= 0.3 is 49.0 Å². The molecule has 1 nitrogen and oxygen atoms in total. The third-order valence-electron chi connectivity index (χ3n) is 0. The second-order valence-corrected chi connectivity index (χ2v) is 8.70. The van der Waals surface area contributed by atoms with Crippen LogP contribution in [0, 0.1) is 0 Å². The molecule has 0 aromatic heterocycles. The number of aliphatic hydroxyl groups excluding tert-OH is 1. The Morgan fingerprint density at radius 1 is 1.67 bits per heavy atom. The first-order valence-electron chi connectivity index (χ1n) is 1.26. The number of rotatable bonds is 0. The van der Waals surface area contributed by atoms with Crippen molar-refractivity contribution in [3.8, 4) is 0 Å². The Balaban J connectivity index is 0. The van der Waals surface area contributed by atoms with E-state index in [4.69, 9.17) is 5.11 Å². The summed E-state index contributed by atoms with van der Waals surface area (Å²) >= 11 is 4.43. The zero-order valence-corrected chi connectivity index (χ0v) is 8.53. The number of hydrogen-bond donors (Lipinski definition) is 1. The molecule has 0 radical (unpaired) electrons. The summed E-state index contributed by atoms with van der Waals surface area (Å²) in [5.74, 6) is 0. The Morgan fingerprint density at radius 2 is 1.67 bits per heavy atom. The van der Waals surface area contributed by atoms with E-state index in [9.17, 15) is 0 Å². The van der Waals surface area contributed by atoms with Crippen LogP contribution >= 0.6 is 41.0 Å². The van der Waals surface area contributed by atoms with Gasteiger partial charge in [0.05, 0.1) is 0 Å². The molecule has 0 aliphatic carbocycles. The predicted molar refractivity (Wildman–Crippen MR) is 40.8 cm³/mol. The van der Waals surface area contributed by atoms with Crippen molar-refractivity contribution in [1.82, 2.24) is 0 Å². The van der Waals surface area contributed by atoms with Gasteiger partial charge in [0.2, 0.25) is 0 Å². The average Bonchev–Trinajstić information content (AvgIpc) is 1.39. The molecule has 0 atom stereocenters. The van der Waals surface area contributed by atoms with E-state index in [0.717, 1.165) is 0 Å². The molecule has 0 rings (SSSR count).